The van der Waals surface area contributed by atoms with Crippen molar-refractivity contribution < 1.29 is 24.2 Å². The van der Waals surface area contributed by atoms with Gasteiger partial charge in [0.15, 0.2) is 0 Å². The van der Waals surface area contributed by atoms with Gasteiger partial charge >= 0.3 is 5.97 Å². The molecular weight excluding hydrogens is 358 g/mol. The molecule has 0 aliphatic carbocycles. The molecule has 6 nitrogen and oxygen atoms in total. The van der Waals surface area contributed by atoms with Crippen molar-refractivity contribution in [2.75, 3.05) is 20.3 Å². The Hall–Kier alpha value is -2.57. The SMILES string of the molecule is COCCOc1cccc(C(=O)N[C@@H](CC(=O)O)c2ccc(Cl)cc2)c1. The highest BCUT2D eigenvalue weighted by molar-refractivity contribution is 6.30. The lowest BCUT2D eigenvalue weighted by atomic mass is 10.0. The van der Waals surface area contributed by atoms with Gasteiger partial charge in [0, 0.05) is 17.7 Å². The second-order valence-corrected chi connectivity index (χ2v) is 5.98. The van der Waals surface area contributed by atoms with Crippen molar-refractivity contribution in [1.29, 1.82) is 0 Å². The van der Waals surface area contributed by atoms with Crippen LogP contribution in [0.1, 0.15) is 28.4 Å². The zero-order chi connectivity index (χ0) is 18.9. The minimum Gasteiger partial charge on any atom is -0.491 e. The van der Waals surface area contributed by atoms with Gasteiger partial charge in [-0.05, 0) is 35.9 Å². The predicted molar refractivity (Wildman–Crippen MR) is 97.7 cm³/mol. The molecule has 0 bridgehead atoms. The van der Waals surface area contributed by atoms with Gasteiger partial charge in [-0.1, -0.05) is 29.8 Å². The summed E-state index contributed by atoms with van der Waals surface area (Å²) < 4.78 is 10.4. The van der Waals surface area contributed by atoms with Crippen LogP contribution in [-0.2, 0) is 9.53 Å². The van der Waals surface area contributed by atoms with E-state index in [0.29, 0.717) is 35.1 Å². The quantitative estimate of drug-likeness (QED) is 0.655. The van der Waals surface area contributed by atoms with E-state index < -0.39 is 12.0 Å². The number of carbonyl (C=O) groups excluding carboxylic acids is 1. The first-order valence-corrected chi connectivity index (χ1v) is 8.37. The normalized spacial score (nSPS) is 11.6. The molecular formula is C19H20ClNO5. The highest BCUT2D eigenvalue weighted by Gasteiger charge is 2.19. The minimum absolute atomic E-state index is 0.239. The van der Waals surface area contributed by atoms with Crippen molar-refractivity contribution in [1.82, 2.24) is 5.32 Å². The van der Waals surface area contributed by atoms with Crippen LogP contribution in [0, 0.1) is 0 Å². The Morgan fingerprint density at radius 2 is 1.88 bits per heavy atom. The van der Waals surface area contributed by atoms with E-state index in [0.717, 1.165) is 0 Å². The first-order valence-electron chi connectivity index (χ1n) is 7.99. The van der Waals surface area contributed by atoms with Crippen LogP contribution in [0.15, 0.2) is 48.5 Å². The van der Waals surface area contributed by atoms with E-state index in [-0.39, 0.29) is 12.3 Å². The molecule has 0 radical (unpaired) electrons. The van der Waals surface area contributed by atoms with Crippen LogP contribution in [0.25, 0.3) is 0 Å². The number of carboxylic acid groups (broad SMARTS) is 1. The molecule has 0 aliphatic rings. The standard InChI is InChI=1S/C19H20ClNO5/c1-25-9-10-26-16-4-2-3-14(11-16)19(24)21-17(12-18(22)23)13-5-7-15(20)8-6-13/h2-8,11,17H,9-10,12H2,1H3,(H,21,24)(H,22,23)/t17-/m0/s1. The van der Waals surface area contributed by atoms with Crippen LogP contribution in [0.2, 0.25) is 5.02 Å². The number of rotatable bonds is 9. The summed E-state index contributed by atoms with van der Waals surface area (Å²) in [7, 11) is 1.58. The molecule has 2 aromatic carbocycles. The Bertz CT molecular complexity index is 748. The number of carboxylic acids is 1. The summed E-state index contributed by atoms with van der Waals surface area (Å²) >= 11 is 5.87. The second-order valence-electron chi connectivity index (χ2n) is 5.54. The summed E-state index contributed by atoms with van der Waals surface area (Å²) in [5.41, 5.74) is 1.04. The Morgan fingerprint density at radius 1 is 1.15 bits per heavy atom. The van der Waals surface area contributed by atoms with Crippen molar-refractivity contribution in [3.05, 3.63) is 64.7 Å². The van der Waals surface area contributed by atoms with E-state index in [1.807, 2.05) is 0 Å². The van der Waals surface area contributed by atoms with Crippen molar-refractivity contribution in [2.24, 2.45) is 0 Å². The number of nitrogens with one attached hydrogen (secondary N) is 1. The molecule has 7 heteroatoms. The number of benzene rings is 2. The largest absolute Gasteiger partial charge is 0.491 e. The lowest BCUT2D eigenvalue weighted by Crippen LogP contribution is -2.30. The number of ether oxygens (including phenoxy) is 2. The molecule has 138 valence electrons. The molecule has 1 amide bonds. The molecule has 0 heterocycles. The average molecular weight is 378 g/mol. The van der Waals surface area contributed by atoms with Gasteiger partial charge in [0.05, 0.1) is 19.1 Å². The number of methoxy groups -OCH3 is 1. The van der Waals surface area contributed by atoms with Gasteiger partial charge in [0.25, 0.3) is 5.91 Å². The fourth-order valence-electron chi connectivity index (χ4n) is 2.33. The maximum atomic E-state index is 12.5. The van der Waals surface area contributed by atoms with Crippen LogP contribution in [0.3, 0.4) is 0 Å². The molecule has 0 spiro atoms. The van der Waals surface area contributed by atoms with Crippen molar-refractivity contribution in [3.63, 3.8) is 0 Å². The van der Waals surface area contributed by atoms with Crippen LogP contribution >= 0.6 is 11.6 Å². The Labute approximate surface area is 156 Å². The Morgan fingerprint density at radius 3 is 2.54 bits per heavy atom. The minimum atomic E-state index is -1.01. The first-order chi connectivity index (χ1) is 12.5. The monoisotopic (exact) mass is 377 g/mol. The molecule has 0 aromatic heterocycles. The lowest BCUT2D eigenvalue weighted by molar-refractivity contribution is -0.137. The molecule has 0 aliphatic heterocycles. The summed E-state index contributed by atoms with van der Waals surface area (Å²) in [6.45, 7) is 0.807. The van der Waals surface area contributed by atoms with E-state index in [1.165, 1.54) is 0 Å². The second kappa shape index (κ2) is 9.79. The molecule has 2 N–H and O–H groups in total. The van der Waals surface area contributed by atoms with E-state index in [2.05, 4.69) is 5.32 Å². The van der Waals surface area contributed by atoms with E-state index in [9.17, 15) is 9.59 Å². The summed E-state index contributed by atoms with van der Waals surface area (Å²) in [4.78, 5) is 23.7. The number of carbonyl (C=O) groups is 2. The number of amides is 1. The molecule has 0 saturated carbocycles. The van der Waals surface area contributed by atoms with Gasteiger partial charge in [-0.2, -0.15) is 0 Å². The van der Waals surface area contributed by atoms with Gasteiger partial charge in [0.1, 0.15) is 12.4 Å². The van der Waals surface area contributed by atoms with Crippen LogP contribution < -0.4 is 10.1 Å². The topological polar surface area (TPSA) is 84.9 Å². The zero-order valence-electron chi connectivity index (χ0n) is 14.3. The lowest BCUT2D eigenvalue weighted by Gasteiger charge is -2.18. The summed E-state index contributed by atoms with van der Waals surface area (Å²) in [5.74, 6) is -0.860. The van der Waals surface area contributed by atoms with Gasteiger partial charge in [-0.15, -0.1) is 0 Å². The predicted octanol–water partition coefficient (Wildman–Crippen LogP) is 3.31. The number of hydrogen-bond donors (Lipinski definition) is 2. The maximum absolute atomic E-state index is 12.5. The van der Waals surface area contributed by atoms with Crippen LogP contribution in [0.4, 0.5) is 0 Å². The van der Waals surface area contributed by atoms with E-state index in [1.54, 1.807) is 55.6 Å². The third-order valence-electron chi connectivity index (χ3n) is 3.61. The van der Waals surface area contributed by atoms with Crippen molar-refractivity contribution in [3.8, 4) is 5.75 Å². The fourth-order valence-corrected chi connectivity index (χ4v) is 2.46. The van der Waals surface area contributed by atoms with Crippen molar-refractivity contribution in [2.45, 2.75) is 12.5 Å². The number of aliphatic carboxylic acids is 1. The average Bonchev–Trinajstić information content (AvgIpc) is 2.62. The summed E-state index contributed by atoms with van der Waals surface area (Å²) in [6, 6.07) is 12.7. The summed E-state index contributed by atoms with van der Waals surface area (Å²) in [5, 5.41) is 12.4. The molecule has 0 saturated heterocycles. The molecule has 26 heavy (non-hydrogen) atoms. The Balaban J connectivity index is 2.12. The van der Waals surface area contributed by atoms with Gasteiger partial charge < -0.3 is 19.9 Å². The number of hydrogen-bond acceptors (Lipinski definition) is 4. The fraction of sp³-hybridized carbons (Fsp3) is 0.263. The molecule has 0 fully saturated rings. The van der Waals surface area contributed by atoms with Crippen LogP contribution in [0.5, 0.6) is 5.75 Å². The third-order valence-corrected chi connectivity index (χ3v) is 3.86. The van der Waals surface area contributed by atoms with Crippen molar-refractivity contribution >= 4 is 23.5 Å². The van der Waals surface area contributed by atoms with Gasteiger partial charge in [-0.25, -0.2) is 0 Å². The summed E-state index contributed by atoms with van der Waals surface area (Å²) in [6.07, 6.45) is -0.239. The molecule has 2 rings (SSSR count). The van der Waals surface area contributed by atoms with E-state index >= 15 is 0 Å². The molecule has 1 atom stereocenters. The smallest absolute Gasteiger partial charge is 0.305 e. The highest BCUT2D eigenvalue weighted by atomic mass is 35.5. The van der Waals surface area contributed by atoms with E-state index in [4.69, 9.17) is 26.2 Å². The first kappa shape index (κ1) is 19.8. The van der Waals surface area contributed by atoms with Gasteiger partial charge in [-0.3, -0.25) is 9.59 Å². The maximum Gasteiger partial charge on any atom is 0.305 e. The molecule has 0 unspecified atom stereocenters. The Kier molecular flexibility index (Phi) is 7.44. The number of halogens is 1. The highest BCUT2D eigenvalue weighted by Crippen LogP contribution is 2.21. The molecule has 2 aromatic rings. The van der Waals surface area contributed by atoms with Gasteiger partial charge in [0.2, 0.25) is 0 Å². The third kappa shape index (κ3) is 6.06. The zero-order valence-corrected chi connectivity index (χ0v) is 15.0. The van der Waals surface area contributed by atoms with Crippen LogP contribution in [-0.4, -0.2) is 37.3 Å².